The highest BCUT2D eigenvalue weighted by atomic mass is 16.2. The predicted molar refractivity (Wildman–Crippen MR) is 101 cm³/mol. The number of rotatable bonds is 4. The highest BCUT2D eigenvalue weighted by molar-refractivity contribution is 5.93. The molecular weight excluding hydrogens is 314 g/mol. The van der Waals surface area contributed by atoms with Crippen molar-refractivity contribution in [3.05, 3.63) is 76.7 Å². The molecule has 0 N–H and O–H groups in total. The van der Waals surface area contributed by atoms with Crippen molar-refractivity contribution in [2.24, 2.45) is 0 Å². The van der Waals surface area contributed by atoms with Gasteiger partial charge in [-0.25, -0.2) is 4.79 Å². The summed E-state index contributed by atoms with van der Waals surface area (Å²) in [6.45, 7) is 6.17. The Morgan fingerprint density at radius 2 is 1.64 bits per heavy atom. The predicted octanol–water partition coefficient (Wildman–Crippen LogP) is 3.04. The molecule has 25 heavy (non-hydrogen) atoms. The molecule has 0 saturated carbocycles. The third kappa shape index (κ3) is 3.01. The molecule has 1 heterocycles. The minimum Gasteiger partial charge on any atom is -0.345 e. The standard InChI is InChI=1S/C20H21N3O2/c1-14(2)23-18-8-6-5-7-17(18)22(20(23)25)13-15-9-11-16(12-10-15)19(24)21(3)4/h5-12H,1,13H2,2-4H3. The molecular formula is C20H21N3O2. The second-order valence-electron chi connectivity index (χ2n) is 6.32. The lowest BCUT2D eigenvalue weighted by atomic mass is 10.1. The summed E-state index contributed by atoms with van der Waals surface area (Å²) in [6.07, 6.45) is 0. The lowest BCUT2D eigenvalue weighted by Crippen LogP contribution is -2.24. The normalized spacial score (nSPS) is 10.8. The largest absolute Gasteiger partial charge is 0.345 e. The first-order chi connectivity index (χ1) is 11.9. The number of para-hydroxylation sites is 2. The van der Waals surface area contributed by atoms with Crippen molar-refractivity contribution in [1.29, 1.82) is 0 Å². The molecule has 1 aromatic heterocycles. The van der Waals surface area contributed by atoms with Crippen LogP contribution in [0.1, 0.15) is 22.8 Å². The first-order valence-electron chi connectivity index (χ1n) is 8.07. The number of carbonyl (C=O) groups excluding carboxylic acids is 1. The fraction of sp³-hybridized carbons (Fsp3) is 0.200. The topological polar surface area (TPSA) is 47.2 Å². The van der Waals surface area contributed by atoms with E-state index in [1.165, 1.54) is 0 Å². The number of benzene rings is 2. The van der Waals surface area contributed by atoms with Gasteiger partial charge >= 0.3 is 5.69 Å². The van der Waals surface area contributed by atoms with E-state index in [0.29, 0.717) is 17.8 Å². The lowest BCUT2D eigenvalue weighted by molar-refractivity contribution is 0.0827. The Morgan fingerprint density at radius 3 is 2.20 bits per heavy atom. The van der Waals surface area contributed by atoms with Gasteiger partial charge in [0.1, 0.15) is 0 Å². The Morgan fingerprint density at radius 1 is 1.04 bits per heavy atom. The summed E-state index contributed by atoms with van der Waals surface area (Å²) in [4.78, 5) is 26.3. The molecule has 5 nitrogen and oxygen atoms in total. The molecule has 0 aliphatic carbocycles. The summed E-state index contributed by atoms with van der Waals surface area (Å²) >= 11 is 0. The molecule has 2 aromatic carbocycles. The van der Waals surface area contributed by atoms with E-state index in [1.54, 1.807) is 40.3 Å². The van der Waals surface area contributed by atoms with Gasteiger partial charge in [0, 0.05) is 25.4 Å². The van der Waals surface area contributed by atoms with Gasteiger partial charge in [0.05, 0.1) is 17.6 Å². The molecule has 0 radical (unpaired) electrons. The molecule has 0 fully saturated rings. The average molecular weight is 335 g/mol. The number of imidazole rings is 1. The molecule has 5 heteroatoms. The minimum absolute atomic E-state index is 0.0393. The molecule has 0 unspecified atom stereocenters. The van der Waals surface area contributed by atoms with E-state index in [2.05, 4.69) is 6.58 Å². The quantitative estimate of drug-likeness (QED) is 0.736. The first-order valence-corrected chi connectivity index (χ1v) is 8.07. The van der Waals surface area contributed by atoms with Crippen molar-refractivity contribution in [2.45, 2.75) is 13.5 Å². The SMILES string of the molecule is C=C(C)n1c(=O)n(Cc2ccc(C(=O)N(C)C)cc2)c2ccccc21. The number of aromatic nitrogens is 2. The van der Waals surface area contributed by atoms with Gasteiger partial charge in [-0.2, -0.15) is 0 Å². The van der Waals surface area contributed by atoms with Crippen molar-refractivity contribution in [3.8, 4) is 0 Å². The van der Waals surface area contributed by atoms with Crippen LogP contribution in [0.2, 0.25) is 0 Å². The maximum atomic E-state index is 12.8. The Bertz CT molecular complexity index is 1010. The zero-order chi connectivity index (χ0) is 18.1. The van der Waals surface area contributed by atoms with Gasteiger partial charge in [0.25, 0.3) is 5.91 Å². The second kappa shape index (κ2) is 6.43. The summed E-state index contributed by atoms with van der Waals surface area (Å²) in [6, 6.07) is 15.0. The van der Waals surface area contributed by atoms with Gasteiger partial charge in [-0.05, 0) is 36.8 Å². The van der Waals surface area contributed by atoms with Crippen molar-refractivity contribution in [1.82, 2.24) is 14.0 Å². The zero-order valence-electron chi connectivity index (χ0n) is 14.7. The molecule has 0 atom stereocenters. The number of nitrogens with zero attached hydrogens (tertiary/aromatic N) is 3. The van der Waals surface area contributed by atoms with E-state index < -0.39 is 0 Å². The number of hydrogen-bond acceptors (Lipinski definition) is 2. The number of fused-ring (bicyclic) bond motifs is 1. The maximum absolute atomic E-state index is 12.8. The van der Waals surface area contributed by atoms with Crippen LogP contribution < -0.4 is 5.69 Å². The smallest absolute Gasteiger partial charge is 0.333 e. The zero-order valence-corrected chi connectivity index (χ0v) is 14.7. The van der Waals surface area contributed by atoms with Crippen molar-refractivity contribution >= 4 is 22.6 Å². The number of hydrogen-bond donors (Lipinski definition) is 0. The molecule has 0 aliphatic heterocycles. The van der Waals surface area contributed by atoms with Crippen molar-refractivity contribution in [2.75, 3.05) is 14.1 Å². The summed E-state index contributed by atoms with van der Waals surface area (Å²) < 4.78 is 3.35. The Balaban J connectivity index is 2.02. The highest BCUT2D eigenvalue weighted by Crippen LogP contribution is 2.17. The third-order valence-corrected chi connectivity index (χ3v) is 4.17. The van der Waals surface area contributed by atoms with Crippen LogP contribution >= 0.6 is 0 Å². The van der Waals surface area contributed by atoms with Crippen LogP contribution in [0.4, 0.5) is 0 Å². The highest BCUT2D eigenvalue weighted by Gasteiger charge is 2.14. The van der Waals surface area contributed by atoms with E-state index in [1.807, 2.05) is 43.3 Å². The van der Waals surface area contributed by atoms with E-state index >= 15 is 0 Å². The fourth-order valence-corrected chi connectivity index (χ4v) is 2.92. The van der Waals surface area contributed by atoms with E-state index in [4.69, 9.17) is 0 Å². The van der Waals surface area contributed by atoms with Crippen LogP contribution in [0.25, 0.3) is 16.7 Å². The molecule has 3 aromatic rings. The van der Waals surface area contributed by atoms with Crippen LogP contribution in [0.15, 0.2) is 59.9 Å². The number of amides is 1. The number of allylic oxidation sites excluding steroid dienone is 1. The van der Waals surface area contributed by atoms with Gasteiger partial charge in [-0.15, -0.1) is 0 Å². The molecule has 0 aliphatic rings. The first kappa shape index (κ1) is 16.8. The van der Waals surface area contributed by atoms with E-state index in [0.717, 1.165) is 16.6 Å². The molecule has 128 valence electrons. The van der Waals surface area contributed by atoms with Gasteiger partial charge in [-0.1, -0.05) is 30.8 Å². The third-order valence-electron chi connectivity index (χ3n) is 4.17. The second-order valence-corrected chi connectivity index (χ2v) is 6.32. The molecule has 0 saturated heterocycles. The van der Waals surface area contributed by atoms with Gasteiger partial charge < -0.3 is 4.90 Å². The van der Waals surface area contributed by atoms with Crippen LogP contribution in [0.5, 0.6) is 0 Å². The van der Waals surface area contributed by atoms with Gasteiger partial charge in [-0.3, -0.25) is 13.9 Å². The van der Waals surface area contributed by atoms with Crippen molar-refractivity contribution in [3.63, 3.8) is 0 Å². The van der Waals surface area contributed by atoms with E-state index in [9.17, 15) is 9.59 Å². The lowest BCUT2D eigenvalue weighted by Gasteiger charge is -2.10. The summed E-state index contributed by atoms with van der Waals surface area (Å²) in [7, 11) is 3.45. The summed E-state index contributed by atoms with van der Waals surface area (Å²) in [5.74, 6) is -0.0393. The molecule has 0 spiro atoms. The number of carbonyl (C=O) groups is 1. The molecule has 0 bridgehead atoms. The van der Waals surface area contributed by atoms with Crippen LogP contribution in [-0.2, 0) is 6.54 Å². The van der Waals surface area contributed by atoms with Gasteiger partial charge in [0.15, 0.2) is 0 Å². The summed E-state index contributed by atoms with van der Waals surface area (Å²) in [5, 5.41) is 0. The maximum Gasteiger partial charge on any atom is 0.333 e. The Labute approximate surface area is 146 Å². The minimum atomic E-state index is -0.109. The molecule has 1 amide bonds. The van der Waals surface area contributed by atoms with Crippen LogP contribution in [0.3, 0.4) is 0 Å². The monoisotopic (exact) mass is 335 g/mol. The fourth-order valence-electron chi connectivity index (χ4n) is 2.92. The van der Waals surface area contributed by atoms with Crippen LogP contribution in [0, 0.1) is 0 Å². The molecule has 3 rings (SSSR count). The average Bonchev–Trinajstić information content (AvgIpc) is 2.87. The van der Waals surface area contributed by atoms with Crippen molar-refractivity contribution < 1.29 is 4.79 Å². The van der Waals surface area contributed by atoms with Crippen LogP contribution in [-0.4, -0.2) is 34.0 Å². The summed E-state index contributed by atoms with van der Waals surface area (Å²) in [5.41, 5.74) is 3.88. The Hall–Kier alpha value is -3.08. The van der Waals surface area contributed by atoms with Gasteiger partial charge in [0.2, 0.25) is 0 Å². The Kier molecular flexibility index (Phi) is 4.31. The van der Waals surface area contributed by atoms with E-state index in [-0.39, 0.29) is 11.6 Å².